The van der Waals surface area contributed by atoms with Crippen LogP contribution in [-0.2, 0) is 23.1 Å². The van der Waals surface area contributed by atoms with Crippen molar-refractivity contribution >= 4 is 27.5 Å². The number of nitrogens with zero attached hydrogens (tertiary/aromatic N) is 3. The van der Waals surface area contributed by atoms with Gasteiger partial charge in [0.15, 0.2) is 0 Å². The molecule has 2 saturated heterocycles. The summed E-state index contributed by atoms with van der Waals surface area (Å²) in [5.41, 5.74) is 2.55. The average molecular weight is 491 g/mol. The molecule has 2 aromatic rings. The van der Waals surface area contributed by atoms with Gasteiger partial charge in [-0.05, 0) is 62.3 Å². The second kappa shape index (κ2) is 10.5. The third kappa shape index (κ3) is 5.75. The highest BCUT2D eigenvalue weighted by molar-refractivity contribution is 7.89. The molecule has 4 rings (SSSR count). The minimum atomic E-state index is -3.77. The molecule has 0 radical (unpaired) electrons. The van der Waals surface area contributed by atoms with E-state index in [1.807, 2.05) is 25.2 Å². The van der Waals surface area contributed by atoms with Crippen molar-refractivity contribution in [2.45, 2.75) is 30.8 Å². The summed E-state index contributed by atoms with van der Waals surface area (Å²) in [6.45, 7) is 5.60. The Morgan fingerprint density at radius 2 is 1.64 bits per heavy atom. The van der Waals surface area contributed by atoms with Crippen LogP contribution in [0, 0.1) is 0 Å². The van der Waals surface area contributed by atoms with Crippen LogP contribution in [0.4, 0.5) is 0 Å². The number of halogens is 1. The third-order valence-electron chi connectivity index (χ3n) is 6.42. The van der Waals surface area contributed by atoms with Gasteiger partial charge in [-0.25, -0.2) is 8.42 Å². The van der Waals surface area contributed by atoms with Crippen molar-refractivity contribution in [3.63, 3.8) is 0 Å². The molecule has 0 bridgehead atoms. The number of benzene rings is 2. The van der Waals surface area contributed by atoms with Crippen LogP contribution in [0.1, 0.15) is 34.3 Å². The van der Waals surface area contributed by atoms with Crippen LogP contribution in [0.2, 0.25) is 5.02 Å². The van der Waals surface area contributed by atoms with Crippen molar-refractivity contribution in [1.29, 1.82) is 0 Å². The van der Waals surface area contributed by atoms with Crippen LogP contribution in [-0.4, -0.2) is 74.7 Å². The van der Waals surface area contributed by atoms with Gasteiger partial charge in [-0.1, -0.05) is 35.9 Å². The van der Waals surface area contributed by atoms with Gasteiger partial charge in [-0.15, -0.1) is 0 Å². The maximum atomic E-state index is 13.2. The summed E-state index contributed by atoms with van der Waals surface area (Å²) in [6.07, 6.45) is 2.46. The maximum Gasteiger partial charge on any atom is 0.251 e. The number of carbonyl (C=O) groups is 1. The summed E-state index contributed by atoms with van der Waals surface area (Å²) < 4.78 is 27.8. The molecule has 9 heteroatoms. The molecule has 33 heavy (non-hydrogen) atoms. The third-order valence-corrected chi connectivity index (χ3v) is 8.80. The fourth-order valence-corrected chi connectivity index (χ4v) is 6.28. The Morgan fingerprint density at radius 1 is 0.970 bits per heavy atom. The second-order valence-electron chi connectivity index (χ2n) is 8.79. The first-order valence-electron chi connectivity index (χ1n) is 11.4. The van der Waals surface area contributed by atoms with E-state index in [2.05, 4.69) is 21.2 Å². The van der Waals surface area contributed by atoms with Crippen LogP contribution in [0.25, 0.3) is 0 Å². The minimum absolute atomic E-state index is 0.0178. The van der Waals surface area contributed by atoms with Gasteiger partial charge in [0.25, 0.3) is 5.91 Å². The number of hydrogen-bond acceptors (Lipinski definition) is 5. The molecule has 2 fully saturated rings. The molecule has 0 spiro atoms. The normalized spacial score (nSPS) is 18.5. The molecule has 1 amide bonds. The number of amides is 1. The smallest absolute Gasteiger partial charge is 0.251 e. The van der Waals surface area contributed by atoms with E-state index in [-0.39, 0.29) is 21.4 Å². The summed E-state index contributed by atoms with van der Waals surface area (Å²) in [5, 5.41) is 3.07. The van der Waals surface area contributed by atoms with Crippen molar-refractivity contribution in [3.05, 3.63) is 64.2 Å². The van der Waals surface area contributed by atoms with E-state index in [9.17, 15) is 13.2 Å². The standard InChI is InChI=1S/C24H31ClN4O3S/c1-27-12-14-29(15-13-27)33(31,32)23-16-19(8-9-22(23)25)24(30)26-17-20-6-2-3-7-21(20)18-28-10-4-5-11-28/h2-3,6-9,16H,4-5,10-15,17-18H2,1H3,(H,26,30). The van der Waals surface area contributed by atoms with Crippen molar-refractivity contribution in [3.8, 4) is 0 Å². The van der Waals surface area contributed by atoms with E-state index < -0.39 is 10.0 Å². The molecule has 0 saturated carbocycles. The van der Waals surface area contributed by atoms with Crippen LogP contribution in [0.15, 0.2) is 47.4 Å². The zero-order valence-electron chi connectivity index (χ0n) is 19.0. The molecular weight excluding hydrogens is 460 g/mol. The quantitative estimate of drug-likeness (QED) is 0.646. The molecular formula is C24H31ClN4O3S. The number of sulfonamides is 1. The molecule has 0 aliphatic carbocycles. The first-order chi connectivity index (χ1) is 15.8. The molecule has 2 aromatic carbocycles. The van der Waals surface area contributed by atoms with Gasteiger partial charge >= 0.3 is 0 Å². The number of piperazine rings is 1. The number of carbonyl (C=O) groups excluding carboxylic acids is 1. The number of rotatable bonds is 7. The molecule has 1 N–H and O–H groups in total. The van der Waals surface area contributed by atoms with Gasteiger partial charge < -0.3 is 10.2 Å². The molecule has 0 unspecified atom stereocenters. The summed E-state index contributed by atoms with van der Waals surface area (Å²) in [4.78, 5) is 17.4. The topological polar surface area (TPSA) is 73.0 Å². The fraction of sp³-hybridized carbons (Fsp3) is 0.458. The highest BCUT2D eigenvalue weighted by atomic mass is 35.5. The van der Waals surface area contributed by atoms with Crippen LogP contribution >= 0.6 is 11.6 Å². The zero-order chi connectivity index (χ0) is 23.4. The minimum Gasteiger partial charge on any atom is -0.348 e. The monoisotopic (exact) mass is 490 g/mol. The highest BCUT2D eigenvalue weighted by Crippen LogP contribution is 2.27. The van der Waals surface area contributed by atoms with Gasteiger partial charge in [0.05, 0.1) is 5.02 Å². The molecule has 2 aliphatic heterocycles. The van der Waals surface area contributed by atoms with Gasteiger partial charge in [0.2, 0.25) is 10.0 Å². The maximum absolute atomic E-state index is 13.2. The van der Waals surface area contributed by atoms with Crippen LogP contribution in [0.3, 0.4) is 0 Å². The van der Waals surface area contributed by atoms with E-state index in [1.165, 1.54) is 34.8 Å². The van der Waals surface area contributed by atoms with Gasteiger partial charge in [0, 0.05) is 44.8 Å². The van der Waals surface area contributed by atoms with Crippen molar-refractivity contribution in [2.75, 3.05) is 46.3 Å². The van der Waals surface area contributed by atoms with Crippen LogP contribution in [0.5, 0.6) is 0 Å². The molecule has 0 atom stereocenters. The van der Waals surface area contributed by atoms with E-state index in [4.69, 9.17) is 11.6 Å². The average Bonchev–Trinajstić information content (AvgIpc) is 3.32. The number of hydrogen-bond donors (Lipinski definition) is 1. The Kier molecular flexibility index (Phi) is 7.71. The van der Waals surface area contributed by atoms with Crippen molar-refractivity contribution < 1.29 is 13.2 Å². The van der Waals surface area contributed by atoms with E-state index >= 15 is 0 Å². The van der Waals surface area contributed by atoms with Crippen LogP contribution < -0.4 is 5.32 Å². The Hall–Kier alpha value is -1.97. The highest BCUT2D eigenvalue weighted by Gasteiger charge is 2.30. The van der Waals surface area contributed by atoms with E-state index in [1.54, 1.807) is 6.07 Å². The summed E-state index contributed by atoms with van der Waals surface area (Å²) >= 11 is 6.26. The predicted octanol–water partition coefficient (Wildman–Crippen LogP) is 2.80. The number of nitrogens with one attached hydrogen (secondary N) is 1. The van der Waals surface area contributed by atoms with Gasteiger partial charge in [0.1, 0.15) is 4.90 Å². The summed E-state index contributed by atoms with van der Waals surface area (Å²) in [6, 6.07) is 12.6. The Labute approximate surface area is 201 Å². The Bertz CT molecular complexity index is 1090. The largest absolute Gasteiger partial charge is 0.348 e. The molecule has 178 valence electrons. The Balaban J connectivity index is 1.46. The lowest BCUT2D eigenvalue weighted by Crippen LogP contribution is -2.47. The number of likely N-dealkylation sites (N-methyl/N-ethyl adjacent to an activating group) is 1. The molecule has 2 heterocycles. The first kappa shape index (κ1) is 24.2. The Morgan fingerprint density at radius 3 is 2.33 bits per heavy atom. The zero-order valence-corrected chi connectivity index (χ0v) is 20.5. The molecule has 7 nitrogen and oxygen atoms in total. The fourth-order valence-electron chi connectivity index (χ4n) is 4.35. The molecule has 2 aliphatic rings. The summed E-state index contributed by atoms with van der Waals surface area (Å²) in [7, 11) is -1.81. The van der Waals surface area contributed by atoms with E-state index in [0.717, 1.165) is 25.2 Å². The van der Waals surface area contributed by atoms with E-state index in [0.29, 0.717) is 32.7 Å². The second-order valence-corrected chi connectivity index (χ2v) is 11.1. The SMILES string of the molecule is CN1CCN(S(=O)(=O)c2cc(C(=O)NCc3ccccc3CN3CCCC3)ccc2Cl)CC1. The summed E-state index contributed by atoms with van der Waals surface area (Å²) in [5.74, 6) is -0.322. The lowest BCUT2D eigenvalue weighted by Gasteiger charge is -2.31. The first-order valence-corrected chi connectivity index (χ1v) is 13.2. The van der Waals surface area contributed by atoms with Crippen molar-refractivity contribution in [1.82, 2.24) is 19.4 Å². The molecule has 0 aromatic heterocycles. The number of likely N-dealkylation sites (tertiary alicyclic amines) is 1. The predicted molar refractivity (Wildman–Crippen MR) is 130 cm³/mol. The van der Waals surface area contributed by atoms with Crippen molar-refractivity contribution in [2.24, 2.45) is 0 Å². The van der Waals surface area contributed by atoms with Gasteiger partial charge in [-0.2, -0.15) is 4.31 Å². The lowest BCUT2D eigenvalue weighted by molar-refractivity contribution is 0.0950. The lowest BCUT2D eigenvalue weighted by atomic mass is 10.1. The van der Waals surface area contributed by atoms with Gasteiger partial charge in [-0.3, -0.25) is 9.69 Å².